The molecule has 1 aromatic rings. The Morgan fingerprint density at radius 3 is 3.08 bits per heavy atom. The molecular formula is C7H9N3O2S. The van der Waals surface area contributed by atoms with Gasteiger partial charge in [0.25, 0.3) is 0 Å². The summed E-state index contributed by atoms with van der Waals surface area (Å²) < 4.78 is 0. The first kappa shape index (κ1) is 9.94. The summed E-state index contributed by atoms with van der Waals surface area (Å²) in [5, 5.41) is 9.22. The molecule has 70 valence electrons. The van der Waals surface area contributed by atoms with Crippen molar-refractivity contribution in [2.24, 2.45) is 5.73 Å². The highest BCUT2D eigenvalue weighted by Gasteiger charge is 2.11. The molecule has 0 aliphatic heterocycles. The van der Waals surface area contributed by atoms with Crippen molar-refractivity contribution in [2.45, 2.75) is 11.1 Å². The summed E-state index contributed by atoms with van der Waals surface area (Å²) >= 11 is 1.30. The van der Waals surface area contributed by atoms with Crippen LogP contribution >= 0.6 is 11.8 Å². The van der Waals surface area contributed by atoms with Crippen LogP contribution in [0.1, 0.15) is 0 Å². The van der Waals surface area contributed by atoms with Crippen molar-refractivity contribution in [2.75, 3.05) is 5.75 Å². The highest BCUT2D eigenvalue weighted by molar-refractivity contribution is 7.99. The average Bonchev–Trinajstić information content (AvgIpc) is 2.15. The SMILES string of the molecule is NC(CSc1ccncn1)C(=O)O. The van der Waals surface area contributed by atoms with Crippen molar-refractivity contribution in [1.29, 1.82) is 0 Å². The summed E-state index contributed by atoms with van der Waals surface area (Å²) in [4.78, 5) is 18.0. The molecular weight excluding hydrogens is 190 g/mol. The molecule has 0 bridgehead atoms. The molecule has 0 radical (unpaired) electrons. The van der Waals surface area contributed by atoms with Gasteiger partial charge in [-0.25, -0.2) is 9.97 Å². The van der Waals surface area contributed by atoms with E-state index in [9.17, 15) is 4.79 Å². The lowest BCUT2D eigenvalue weighted by Crippen LogP contribution is -2.32. The quantitative estimate of drug-likeness (QED) is 0.523. The van der Waals surface area contributed by atoms with Crippen LogP contribution in [0.2, 0.25) is 0 Å². The molecule has 13 heavy (non-hydrogen) atoms. The maximum Gasteiger partial charge on any atom is 0.321 e. The molecule has 1 atom stereocenters. The monoisotopic (exact) mass is 199 g/mol. The van der Waals surface area contributed by atoms with E-state index in [-0.39, 0.29) is 0 Å². The van der Waals surface area contributed by atoms with E-state index in [0.717, 1.165) is 5.03 Å². The highest BCUT2D eigenvalue weighted by atomic mass is 32.2. The molecule has 0 amide bonds. The highest BCUT2D eigenvalue weighted by Crippen LogP contribution is 2.13. The molecule has 1 heterocycles. The molecule has 0 saturated heterocycles. The summed E-state index contributed by atoms with van der Waals surface area (Å²) in [5.41, 5.74) is 5.30. The van der Waals surface area contributed by atoms with Crippen LogP contribution in [0.25, 0.3) is 0 Å². The molecule has 3 N–H and O–H groups in total. The lowest BCUT2D eigenvalue weighted by molar-refractivity contribution is -0.137. The number of thioether (sulfide) groups is 1. The first-order chi connectivity index (χ1) is 6.20. The first-order valence-electron chi connectivity index (χ1n) is 3.57. The Hall–Kier alpha value is -1.14. The van der Waals surface area contributed by atoms with Crippen LogP contribution in [-0.2, 0) is 4.79 Å². The van der Waals surface area contributed by atoms with Gasteiger partial charge in [0.1, 0.15) is 12.4 Å². The second-order valence-electron chi connectivity index (χ2n) is 2.30. The van der Waals surface area contributed by atoms with E-state index in [1.54, 1.807) is 12.3 Å². The van der Waals surface area contributed by atoms with E-state index in [2.05, 4.69) is 9.97 Å². The minimum absolute atomic E-state index is 0.312. The average molecular weight is 199 g/mol. The minimum atomic E-state index is -0.999. The van der Waals surface area contributed by atoms with Crippen molar-refractivity contribution >= 4 is 17.7 Å². The van der Waals surface area contributed by atoms with E-state index < -0.39 is 12.0 Å². The second-order valence-corrected chi connectivity index (χ2v) is 3.34. The third-order valence-electron chi connectivity index (χ3n) is 1.28. The van der Waals surface area contributed by atoms with Gasteiger partial charge < -0.3 is 10.8 Å². The van der Waals surface area contributed by atoms with E-state index in [1.807, 2.05) is 0 Å². The zero-order valence-electron chi connectivity index (χ0n) is 6.75. The molecule has 6 heteroatoms. The molecule has 0 aliphatic rings. The van der Waals surface area contributed by atoms with Crippen molar-refractivity contribution in [3.63, 3.8) is 0 Å². The largest absolute Gasteiger partial charge is 0.480 e. The first-order valence-corrected chi connectivity index (χ1v) is 4.56. The van der Waals surface area contributed by atoms with Crippen molar-refractivity contribution in [3.05, 3.63) is 18.6 Å². The van der Waals surface area contributed by atoms with Crippen LogP contribution < -0.4 is 5.73 Å². The Morgan fingerprint density at radius 1 is 1.77 bits per heavy atom. The van der Waals surface area contributed by atoms with E-state index in [0.29, 0.717) is 5.75 Å². The smallest absolute Gasteiger partial charge is 0.321 e. The Morgan fingerprint density at radius 2 is 2.54 bits per heavy atom. The van der Waals surface area contributed by atoms with Gasteiger partial charge in [0.2, 0.25) is 0 Å². The molecule has 0 spiro atoms. The lowest BCUT2D eigenvalue weighted by Gasteiger charge is -2.04. The Labute approximate surface area is 79.4 Å². The van der Waals surface area contributed by atoms with E-state index in [4.69, 9.17) is 10.8 Å². The molecule has 5 nitrogen and oxygen atoms in total. The number of hydrogen-bond donors (Lipinski definition) is 2. The molecule has 0 fully saturated rings. The Balaban J connectivity index is 2.39. The number of carboxylic acid groups (broad SMARTS) is 1. The lowest BCUT2D eigenvalue weighted by atomic mass is 10.4. The number of rotatable bonds is 4. The normalized spacial score (nSPS) is 12.4. The summed E-state index contributed by atoms with van der Waals surface area (Å²) in [6, 6.07) is 0.860. The Bertz CT molecular complexity index is 280. The third kappa shape index (κ3) is 3.39. The summed E-state index contributed by atoms with van der Waals surface area (Å²) in [7, 11) is 0. The standard InChI is InChI=1S/C7H9N3O2S/c8-5(7(11)12)3-13-6-1-2-9-4-10-6/h1-2,4-5H,3,8H2,(H,11,12). The predicted molar refractivity (Wildman–Crippen MR) is 48.4 cm³/mol. The number of aliphatic carboxylic acids is 1. The van der Waals surface area contributed by atoms with Crippen molar-refractivity contribution < 1.29 is 9.90 Å². The van der Waals surface area contributed by atoms with E-state index >= 15 is 0 Å². The fourth-order valence-corrected chi connectivity index (χ4v) is 1.38. The van der Waals surface area contributed by atoms with Crippen LogP contribution in [-0.4, -0.2) is 32.8 Å². The topological polar surface area (TPSA) is 89.1 Å². The maximum atomic E-state index is 10.3. The van der Waals surface area contributed by atoms with Gasteiger partial charge in [0.05, 0.1) is 5.03 Å². The molecule has 1 rings (SSSR count). The number of carbonyl (C=O) groups is 1. The minimum Gasteiger partial charge on any atom is -0.480 e. The second kappa shape index (κ2) is 4.78. The van der Waals surface area contributed by atoms with E-state index in [1.165, 1.54) is 18.1 Å². The fraction of sp³-hybridized carbons (Fsp3) is 0.286. The zero-order chi connectivity index (χ0) is 9.68. The summed E-state index contributed by atoms with van der Waals surface area (Å²) in [6.45, 7) is 0. The third-order valence-corrected chi connectivity index (χ3v) is 2.35. The number of aromatic nitrogens is 2. The van der Waals surface area contributed by atoms with Gasteiger partial charge in [-0.3, -0.25) is 4.79 Å². The van der Waals surface area contributed by atoms with Crippen LogP contribution in [0.5, 0.6) is 0 Å². The number of nitrogens with zero attached hydrogens (tertiary/aromatic N) is 2. The zero-order valence-corrected chi connectivity index (χ0v) is 7.57. The van der Waals surface area contributed by atoms with Gasteiger partial charge in [0.15, 0.2) is 0 Å². The van der Waals surface area contributed by atoms with Gasteiger partial charge >= 0.3 is 5.97 Å². The van der Waals surface area contributed by atoms with Gasteiger partial charge in [0, 0.05) is 11.9 Å². The predicted octanol–water partition coefficient (Wildman–Crippen LogP) is -0.0194. The Kier molecular flexibility index (Phi) is 3.66. The van der Waals surface area contributed by atoms with Crippen LogP contribution in [0, 0.1) is 0 Å². The number of hydrogen-bond acceptors (Lipinski definition) is 5. The van der Waals surface area contributed by atoms with Gasteiger partial charge in [-0.05, 0) is 6.07 Å². The van der Waals surface area contributed by atoms with Crippen LogP contribution in [0.4, 0.5) is 0 Å². The van der Waals surface area contributed by atoms with Gasteiger partial charge in [-0.2, -0.15) is 0 Å². The van der Waals surface area contributed by atoms with Crippen molar-refractivity contribution in [1.82, 2.24) is 9.97 Å². The molecule has 0 saturated carbocycles. The maximum absolute atomic E-state index is 10.3. The summed E-state index contributed by atoms with van der Waals surface area (Å²) in [6.07, 6.45) is 3.01. The number of nitrogens with two attached hydrogens (primary N) is 1. The summed E-state index contributed by atoms with van der Waals surface area (Å²) in [5.74, 6) is -0.687. The van der Waals surface area contributed by atoms with Gasteiger partial charge in [-0.1, -0.05) is 0 Å². The molecule has 0 aromatic carbocycles. The van der Waals surface area contributed by atoms with Crippen LogP contribution in [0.3, 0.4) is 0 Å². The van der Waals surface area contributed by atoms with Gasteiger partial charge in [-0.15, -0.1) is 11.8 Å². The molecule has 1 aromatic heterocycles. The number of carboxylic acids is 1. The molecule has 0 aliphatic carbocycles. The van der Waals surface area contributed by atoms with Crippen molar-refractivity contribution in [3.8, 4) is 0 Å². The molecule has 1 unspecified atom stereocenters. The fourth-order valence-electron chi connectivity index (χ4n) is 0.610. The van der Waals surface area contributed by atoms with Crippen LogP contribution in [0.15, 0.2) is 23.6 Å².